The highest BCUT2D eigenvalue weighted by molar-refractivity contribution is 14.1. The van der Waals surface area contributed by atoms with Gasteiger partial charge in [0.25, 0.3) is 5.91 Å². The second-order valence-corrected chi connectivity index (χ2v) is 7.26. The van der Waals surface area contributed by atoms with E-state index < -0.39 is 0 Å². The van der Waals surface area contributed by atoms with Gasteiger partial charge in [-0.1, -0.05) is 22.6 Å². The number of alkyl halides is 1. The Morgan fingerprint density at radius 3 is 2.61 bits per heavy atom. The van der Waals surface area contributed by atoms with Crippen LogP contribution in [0, 0.1) is 0 Å². The Morgan fingerprint density at radius 1 is 1.13 bits per heavy atom. The number of methoxy groups -OCH3 is 1. The Hall–Kier alpha value is -3.08. The third-order valence-electron chi connectivity index (χ3n) is 4.53. The summed E-state index contributed by atoms with van der Waals surface area (Å²) in [5, 5.41) is 8.82. The van der Waals surface area contributed by atoms with Gasteiger partial charge in [-0.05, 0) is 42.8 Å². The number of fused-ring (bicyclic) bond motifs is 1. The standard InChI is InChI=1S/C22H23IN4O4/c1-4-25-21(28)16-10-15-18(11-20(16)30-3)26-8-7-19(15)31-14-5-6-17(13(9-14)12-23)27-22(29)24-2/h5-11H,4,12H2,1-3H3,(H,25,28)(H2,24,27,29). The molecule has 0 aliphatic rings. The van der Waals surface area contributed by atoms with Crippen molar-refractivity contribution in [2.45, 2.75) is 11.4 Å². The number of benzene rings is 2. The van der Waals surface area contributed by atoms with E-state index in [9.17, 15) is 9.59 Å². The van der Waals surface area contributed by atoms with Crippen molar-refractivity contribution < 1.29 is 19.1 Å². The maximum absolute atomic E-state index is 12.5. The molecule has 0 spiro atoms. The van der Waals surface area contributed by atoms with Crippen LogP contribution in [0.1, 0.15) is 22.8 Å². The number of urea groups is 1. The molecule has 3 N–H and O–H groups in total. The average Bonchev–Trinajstić information content (AvgIpc) is 2.79. The molecule has 8 nitrogen and oxygen atoms in total. The van der Waals surface area contributed by atoms with Crippen molar-refractivity contribution >= 4 is 51.1 Å². The first kappa shape index (κ1) is 22.6. The van der Waals surface area contributed by atoms with Crippen LogP contribution in [0.15, 0.2) is 42.6 Å². The summed E-state index contributed by atoms with van der Waals surface area (Å²) in [6.07, 6.45) is 1.64. The van der Waals surface area contributed by atoms with Gasteiger partial charge in [0.05, 0.1) is 18.2 Å². The first-order valence-corrected chi connectivity index (χ1v) is 11.1. The Kier molecular flexibility index (Phi) is 7.50. The highest BCUT2D eigenvalue weighted by atomic mass is 127. The molecule has 0 atom stereocenters. The Morgan fingerprint density at radius 2 is 1.94 bits per heavy atom. The predicted octanol–water partition coefficient (Wildman–Crippen LogP) is 4.47. The number of pyridine rings is 1. The molecular weight excluding hydrogens is 511 g/mol. The number of nitrogens with zero attached hydrogens (tertiary/aromatic N) is 1. The fraction of sp³-hybridized carbons (Fsp3) is 0.227. The second-order valence-electron chi connectivity index (χ2n) is 6.50. The number of halogens is 1. The van der Waals surface area contributed by atoms with Gasteiger partial charge in [0.15, 0.2) is 0 Å². The summed E-state index contributed by atoms with van der Waals surface area (Å²) in [5.41, 5.74) is 2.69. The molecule has 9 heteroatoms. The maximum atomic E-state index is 12.5. The number of aromatic nitrogens is 1. The lowest BCUT2D eigenvalue weighted by Gasteiger charge is -2.14. The van der Waals surface area contributed by atoms with Gasteiger partial charge in [0, 0.05) is 41.4 Å². The van der Waals surface area contributed by atoms with E-state index in [2.05, 4.69) is 43.5 Å². The maximum Gasteiger partial charge on any atom is 0.318 e. The van der Waals surface area contributed by atoms with Crippen LogP contribution in [0.2, 0.25) is 0 Å². The third kappa shape index (κ3) is 5.16. The van der Waals surface area contributed by atoms with Crippen LogP contribution in [0.3, 0.4) is 0 Å². The lowest BCUT2D eigenvalue weighted by molar-refractivity contribution is 0.0953. The summed E-state index contributed by atoms with van der Waals surface area (Å²) in [5.74, 6) is 1.38. The molecule has 0 saturated carbocycles. The molecule has 0 saturated heterocycles. The lowest BCUT2D eigenvalue weighted by atomic mass is 10.1. The van der Waals surface area contributed by atoms with Crippen molar-refractivity contribution in [3.63, 3.8) is 0 Å². The average molecular weight is 534 g/mol. The molecule has 0 radical (unpaired) electrons. The van der Waals surface area contributed by atoms with E-state index >= 15 is 0 Å². The van der Waals surface area contributed by atoms with E-state index in [0.29, 0.717) is 50.4 Å². The molecule has 0 bridgehead atoms. The predicted molar refractivity (Wildman–Crippen MR) is 129 cm³/mol. The van der Waals surface area contributed by atoms with Gasteiger partial charge < -0.3 is 25.4 Å². The van der Waals surface area contributed by atoms with Crippen molar-refractivity contribution in [3.8, 4) is 17.2 Å². The SMILES string of the molecule is CCNC(=O)c1cc2c(Oc3ccc(NC(=O)NC)c(CI)c3)ccnc2cc1OC. The molecule has 0 fully saturated rings. The third-order valence-corrected chi connectivity index (χ3v) is 5.35. The van der Waals surface area contributed by atoms with Gasteiger partial charge in [0.1, 0.15) is 17.2 Å². The summed E-state index contributed by atoms with van der Waals surface area (Å²) in [6.45, 7) is 2.36. The van der Waals surface area contributed by atoms with E-state index in [0.717, 1.165) is 5.56 Å². The summed E-state index contributed by atoms with van der Waals surface area (Å²) in [7, 11) is 3.08. The quantitative estimate of drug-likeness (QED) is 0.307. The van der Waals surface area contributed by atoms with Gasteiger partial charge in [0.2, 0.25) is 0 Å². The van der Waals surface area contributed by atoms with Gasteiger partial charge in [-0.3, -0.25) is 9.78 Å². The van der Waals surface area contributed by atoms with E-state index in [4.69, 9.17) is 9.47 Å². The Labute approximate surface area is 193 Å². The highest BCUT2D eigenvalue weighted by Gasteiger charge is 2.16. The minimum atomic E-state index is -0.285. The largest absolute Gasteiger partial charge is 0.496 e. The van der Waals surface area contributed by atoms with Crippen molar-refractivity contribution in [1.82, 2.24) is 15.6 Å². The molecule has 3 aromatic rings. The number of hydrogen-bond acceptors (Lipinski definition) is 5. The van der Waals surface area contributed by atoms with Crippen molar-refractivity contribution in [2.24, 2.45) is 0 Å². The molecule has 0 unspecified atom stereocenters. The Balaban J connectivity index is 2.00. The molecular formula is C22H23IN4O4. The first-order valence-electron chi connectivity index (χ1n) is 9.61. The number of amides is 3. The van der Waals surface area contributed by atoms with Crippen LogP contribution in [-0.4, -0.2) is 37.6 Å². The van der Waals surface area contributed by atoms with Crippen LogP contribution in [0.25, 0.3) is 10.9 Å². The fourth-order valence-corrected chi connectivity index (χ4v) is 3.65. The topological polar surface area (TPSA) is 102 Å². The minimum Gasteiger partial charge on any atom is -0.496 e. The molecule has 2 aromatic carbocycles. The van der Waals surface area contributed by atoms with Crippen LogP contribution in [-0.2, 0) is 4.43 Å². The lowest BCUT2D eigenvalue weighted by Crippen LogP contribution is -2.24. The molecule has 162 valence electrons. The normalized spacial score (nSPS) is 10.5. The molecule has 31 heavy (non-hydrogen) atoms. The number of carbonyl (C=O) groups is 2. The summed E-state index contributed by atoms with van der Waals surface area (Å²) < 4.78 is 12.2. The van der Waals surface area contributed by atoms with Crippen LogP contribution < -0.4 is 25.4 Å². The number of ether oxygens (including phenoxy) is 2. The number of hydrogen-bond donors (Lipinski definition) is 3. The van der Waals surface area contributed by atoms with Gasteiger partial charge in [-0.25, -0.2) is 4.79 Å². The molecule has 0 aliphatic carbocycles. The fourth-order valence-electron chi connectivity index (χ4n) is 3.02. The summed E-state index contributed by atoms with van der Waals surface area (Å²) in [6, 6.07) is 10.4. The van der Waals surface area contributed by atoms with Crippen molar-refractivity contribution in [2.75, 3.05) is 26.0 Å². The zero-order valence-corrected chi connectivity index (χ0v) is 19.6. The zero-order chi connectivity index (χ0) is 22.4. The van der Waals surface area contributed by atoms with Crippen molar-refractivity contribution in [3.05, 3.63) is 53.7 Å². The second kappa shape index (κ2) is 10.3. The molecule has 1 heterocycles. The van der Waals surface area contributed by atoms with E-state index in [1.54, 1.807) is 43.6 Å². The van der Waals surface area contributed by atoms with Crippen LogP contribution in [0.4, 0.5) is 10.5 Å². The first-order chi connectivity index (χ1) is 15.0. The molecule has 1 aromatic heterocycles. The molecule has 0 aliphatic heterocycles. The van der Waals surface area contributed by atoms with Gasteiger partial charge >= 0.3 is 6.03 Å². The van der Waals surface area contributed by atoms with Crippen LogP contribution in [0.5, 0.6) is 17.2 Å². The van der Waals surface area contributed by atoms with Gasteiger partial charge in [-0.2, -0.15) is 0 Å². The number of anilines is 1. The zero-order valence-electron chi connectivity index (χ0n) is 17.4. The minimum absolute atomic E-state index is 0.229. The van der Waals surface area contributed by atoms with Crippen LogP contribution >= 0.6 is 22.6 Å². The number of carbonyl (C=O) groups excluding carboxylic acids is 2. The van der Waals surface area contributed by atoms with E-state index in [1.807, 2.05) is 13.0 Å². The van der Waals surface area contributed by atoms with Crippen molar-refractivity contribution in [1.29, 1.82) is 0 Å². The Bertz CT molecular complexity index is 1120. The van der Waals surface area contributed by atoms with Gasteiger partial charge in [-0.15, -0.1) is 0 Å². The van der Waals surface area contributed by atoms with E-state index in [1.165, 1.54) is 7.11 Å². The molecule has 3 rings (SSSR count). The highest BCUT2D eigenvalue weighted by Crippen LogP contribution is 2.34. The summed E-state index contributed by atoms with van der Waals surface area (Å²) in [4.78, 5) is 28.5. The monoisotopic (exact) mass is 534 g/mol. The smallest absolute Gasteiger partial charge is 0.318 e. The molecule has 3 amide bonds. The van der Waals surface area contributed by atoms with E-state index in [-0.39, 0.29) is 11.9 Å². The summed E-state index contributed by atoms with van der Waals surface area (Å²) >= 11 is 2.23. The number of rotatable bonds is 7. The number of nitrogens with one attached hydrogen (secondary N) is 3.